The Labute approximate surface area is 177 Å². The SMILES string of the molecule is CC(C)N(C(=O)[C@H](C)Sc1nnc(N2CCCCC2)n1Cc1ccco1)C(C)C. The average molecular weight is 420 g/mol. The van der Waals surface area contributed by atoms with Crippen molar-refractivity contribution >= 4 is 23.6 Å². The van der Waals surface area contributed by atoms with Crippen molar-refractivity contribution in [2.45, 2.75) is 82.9 Å². The molecule has 0 bridgehead atoms. The molecule has 3 heterocycles. The van der Waals surface area contributed by atoms with Crippen LogP contribution in [0, 0.1) is 0 Å². The summed E-state index contributed by atoms with van der Waals surface area (Å²) < 4.78 is 7.67. The lowest BCUT2D eigenvalue weighted by molar-refractivity contribution is -0.133. The third-order valence-electron chi connectivity index (χ3n) is 5.23. The van der Waals surface area contributed by atoms with E-state index in [1.54, 1.807) is 6.26 Å². The van der Waals surface area contributed by atoms with Gasteiger partial charge in [-0.1, -0.05) is 11.8 Å². The highest BCUT2D eigenvalue weighted by atomic mass is 32.2. The highest BCUT2D eigenvalue weighted by Gasteiger charge is 2.29. The molecule has 0 saturated carbocycles. The predicted molar refractivity (Wildman–Crippen MR) is 116 cm³/mol. The Morgan fingerprint density at radius 3 is 2.41 bits per heavy atom. The van der Waals surface area contributed by atoms with E-state index >= 15 is 0 Å². The average Bonchev–Trinajstić information content (AvgIpc) is 3.33. The van der Waals surface area contributed by atoms with Crippen molar-refractivity contribution in [3.63, 3.8) is 0 Å². The summed E-state index contributed by atoms with van der Waals surface area (Å²) in [5.41, 5.74) is 0. The largest absolute Gasteiger partial charge is 0.467 e. The molecule has 2 aromatic heterocycles. The molecule has 0 spiro atoms. The Kier molecular flexibility index (Phi) is 7.27. The van der Waals surface area contributed by atoms with Crippen molar-refractivity contribution < 1.29 is 9.21 Å². The van der Waals surface area contributed by atoms with Crippen molar-refractivity contribution in [3.8, 4) is 0 Å². The molecule has 0 aromatic carbocycles. The zero-order chi connectivity index (χ0) is 21.0. The molecule has 160 valence electrons. The van der Waals surface area contributed by atoms with Gasteiger partial charge in [-0.05, 0) is 66.0 Å². The molecule has 7 nitrogen and oxygen atoms in total. The van der Waals surface area contributed by atoms with Crippen molar-refractivity contribution in [1.29, 1.82) is 0 Å². The molecule has 1 saturated heterocycles. The van der Waals surface area contributed by atoms with Crippen LogP contribution in [-0.4, -0.2) is 56.0 Å². The van der Waals surface area contributed by atoms with Crippen LogP contribution in [0.5, 0.6) is 0 Å². The van der Waals surface area contributed by atoms with Gasteiger partial charge in [0.05, 0.1) is 18.1 Å². The van der Waals surface area contributed by atoms with E-state index in [2.05, 4.69) is 47.4 Å². The Hall–Kier alpha value is -1.96. The second-order valence-electron chi connectivity index (χ2n) is 8.19. The fourth-order valence-electron chi connectivity index (χ4n) is 3.92. The van der Waals surface area contributed by atoms with Gasteiger partial charge in [0.2, 0.25) is 11.9 Å². The number of nitrogens with zero attached hydrogens (tertiary/aromatic N) is 5. The Morgan fingerprint density at radius 2 is 1.83 bits per heavy atom. The first-order valence-electron chi connectivity index (χ1n) is 10.6. The predicted octanol–water partition coefficient (Wildman–Crippen LogP) is 4.04. The highest BCUT2D eigenvalue weighted by Crippen LogP contribution is 2.29. The van der Waals surface area contributed by atoms with Gasteiger partial charge in [0, 0.05) is 25.2 Å². The van der Waals surface area contributed by atoms with Crippen molar-refractivity contribution in [2.75, 3.05) is 18.0 Å². The second-order valence-corrected chi connectivity index (χ2v) is 9.50. The monoisotopic (exact) mass is 419 g/mol. The lowest BCUT2D eigenvalue weighted by Crippen LogP contribution is -2.45. The van der Waals surface area contributed by atoms with Gasteiger partial charge in [0.25, 0.3) is 0 Å². The summed E-state index contributed by atoms with van der Waals surface area (Å²) >= 11 is 1.48. The molecular formula is C21H33N5O2S. The number of furan rings is 1. The number of aromatic nitrogens is 3. The summed E-state index contributed by atoms with van der Waals surface area (Å²) in [6.45, 7) is 12.7. The maximum absolute atomic E-state index is 13.1. The number of hydrogen-bond donors (Lipinski definition) is 0. The first-order valence-corrected chi connectivity index (χ1v) is 11.5. The fraction of sp³-hybridized carbons (Fsp3) is 0.667. The van der Waals surface area contributed by atoms with Gasteiger partial charge in [-0.3, -0.25) is 9.36 Å². The highest BCUT2D eigenvalue weighted by molar-refractivity contribution is 8.00. The van der Waals surface area contributed by atoms with E-state index in [-0.39, 0.29) is 23.2 Å². The number of thioether (sulfide) groups is 1. The van der Waals surface area contributed by atoms with Crippen LogP contribution >= 0.6 is 11.8 Å². The molecule has 0 unspecified atom stereocenters. The van der Waals surface area contributed by atoms with Gasteiger partial charge in [-0.15, -0.1) is 10.2 Å². The molecule has 1 aliphatic heterocycles. The van der Waals surface area contributed by atoms with E-state index in [0.717, 1.165) is 30.0 Å². The molecule has 1 aliphatic rings. The smallest absolute Gasteiger partial charge is 0.236 e. The minimum Gasteiger partial charge on any atom is -0.467 e. The minimum absolute atomic E-state index is 0.132. The van der Waals surface area contributed by atoms with E-state index in [4.69, 9.17) is 4.42 Å². The molecule has 0 N–H and O–H groups in total. The molecule has 1 amide bonds. The maximum Gasteiger partial charge on any atom is 0.236 e. The van der Waals surface area contributed by atoms with Crippen LogP contribution in [0.3, 0.4) is 0 Å². The number of piperidine rings is 1. The number of hydrogen-bond acceptors (Lipinski definition) is 6. The Balaban J connectivity index is 1.84. The summed E-state index contributed by atoms with van der Waals surface area (Å²) in [4.78, 5) is 17.3. The number of rotatable bonds is 8. The number of amides is 1. The van der Waals surface area contributed by atoms with Gasteiger partial charge < -0.3 is 14.2 Å². The summed E-state index contributed by atoms with van der Waals surface area (Å²) in [5.74, 6) is 1.86. The topological polar surface area (TPSA) is 67.4 Å². The van der Waals surface area contributed by atoms with E-state index in [1.165, 1.54) is 31.0 Å². The van der Waals surface area contributed by atoms with Crippen molar-refractivity contribution in [3.05, 3.63) is 24.2 Å². The summed E-state index contributed by atoms with van der Waals surface area (Å²) in [5, 5.41) is 9.48. The van der Waals surface area contributed by atoms with Crippen LogP contribution in [0.25, 0.3) is 0 Å². The van der Waals surface area contributed by atoms with Crippen molar-refractivity contribution in [2.24, 2.45) is 0 Å². The van der Waals surface area contributed by atoms with Crippen molar-refractivity contribution in [1.82, 2.24) is 19.7 Å². The van der Waals surface area contributed by atoms with E-state index in [0.29, 0.717) is 6.54 Å². The van der Waals surface area contributed by atoms with Crippen LogP contribution in [0.15, 0.2) is 28.0 Å². The molecule has 29 heavy (non-hydrogen) atoms. The van der Waals surface area contributed by atoms with Gasteiger partial charge in [0.15, 0.2) is 5.16 Å². The zero-order valence-corrected chi connectivity index (χ0v) is 19.0. The molecule has 8 heteroatoms. The van der Waals surface area contributed by atoms with Crippen LogP contribution in [-0.2, 0) is 11.3 Å². The molecule has 0 aliphatic carbocycles. The molecule has 2 aromatic rings. The number of carbonyl (C=O) groups is 1. The zero-order valence-electron chi connectivity index (χ0n) is 18.2. The van der Waals surface area contributed by atoms with Crippen LogP contribution in [0.2, 0.25) is 0 Å². The summed E-state index contributed by atoms with van der Waals surface area (Å²) in [6, 6.07) is 4.18. The Bertz CT molecular complexity index is 773. The van der Waals surface area contributed by atoms with Crippen LogP contribution < -0.4 is 4.90 Å². The quantitative estimate of drug-likeness (QED) is 0.602. The third-order valence-corrected chi connectivity index (χ3v) is 6.30. The van der Waals surface area contributed by atoms with Gasteiger partial charge in [-0.2, -0.15) is 0 Å². The fourth-order valence-corrected chi connectivity index (χ4v) is 4.82. The normalized spacial score (nSPS) is 15.9. The summed E-state index contributed by atoms with van der Waals surface area (Å²) in [7, 11) is 0. The molecule has 0 radical (unpaired) electrons. The molecular weight excluding hydrogens is 386 g/mol. The maximum atomic E-state index is 13.1. The van der Waals surface area contributed by atoms with Gasteiger partial charge in [-0.25, -0.2) is 0 Å². The second kappa shape index (κ2) is 9.69. The Morgan fingerprint density at radius 1 is 1.14 bits per heavy atom. The van der Waals surface area contributed by atoms with E-state index in [9.17, 15) is 4.79 Å². The standard InChI is InChI=1S/C21H33N5O2S/c1-15(2)26(16(3)4)19(27)17(5)29-21-23-22-20(24-11-7-6-8-12-24)25(21)14-18-10-9-13-28-18/h9-10,13,15-17H,6-8,11-12,14H2,1-5H3/t17-/m0/s1. The third kappa shape index (κ3) is 5.15. The first-order chi connectivity index (χ1) is 13.9. The van der Waals surface area contributed by atoms with E-state index < -0.39 is 0 Å². The lowest BCUT2D eigenvalue weighted by atomic mass is 10.1. The molecule has 3 rings (SSSR count). The van der Waals surface area contributed by atoms with Crippen LogP contribution in [0.1, 0.15) is 59.6 Å². The number of carbonyl (C=O) groups excluding carboxylic acids is 1. The minimum atomic E-state index is -0.242. The lowest BCUT2D eigenvalue weighted by Gasteiger charge is -2.32. The summed E-state index contributed by atoms with van der Waals surface area (Å²) in [6.07, 6.45) is 5.28. The molecule has 1 fully saturated rings. The van der Waals surface area contributed by atoms with Crippen LogP contribution in [0.4, 0.5) is 5.95 Å². The number of anilines is 1. The first kappa shape index (κ1) is 21.7. The van der Waals surface area contributed by atoms with Gasteiger partial charge >= 0.3 is 0 Å². The van der Waals surface area contributed by atoms with E-state index in [1.807, 2.05) is 24.0 Å². The molecule has 1 atom stereocenters. The van der Waals surface area contributed by atoms with Gasteiger partial charge in [0.1, 0.15) is 5.76 Å².